The molecule has 8 heteroatoms. The highest BCUT2D eigenvalue weighted by molar-refractivity contribution is 6.02. The second-order valence-electron chi connectivity index (χ2n) is 6.63. The minimum atomic E-state index is -4.41. The number of nitrogens with zero attached hydrogens (tertiary/aromatic N) is 2. The van der Waals surface area contributed by atoms with E-state index in [-0.39, 0.29) is 11.4 Å². The van der Waals surface area contributed by atoms with Gasteiger partial charge in [0.15, 0.2) is 0 Å². The highest BCUT2D eigenvalue weighted by Gasteiger charge is 2.30. The molecule has 1 aliphatic carbocycles. The van der Waals surface area contributed by atoms with Crippen LogP contribution in [0.25, 0.3) is 0 Å². The van der Waals surface area contributed by atoms with Crippen molar-refractivity contribution in [1.82, 2.24) is 9.97 Å². The summed E-state index contributed by atoms with van der Waals surface area (Å²) in [6.07, 6.45) is 3.96. The van der Waals surface area contributed by atoms with Crippen molar-refractivity contribution in [2.75, 3.05) is 10.6 Å². The average molecular weight is 378 g/mol. The zero-order chi connectivity index (χ0) is 19.3. The number of hydrogen-bond acceptors (Lipinski definition) is 4. The summed E-state index contributed by atoms with van der Waals surface area (Å²) in [7, 11) is 0. The molecule has 0 radical (unpaired) electrons. The van der Waals surface area contributed by atoms with Gasteiger partial charge in [0.25, 0.3) is 5.91 Å². The molecule has 1 aromatic heterocycles. The van der Waals surface area contributed by atoms with E-state index < -0.39 is 17.6 Å². The molecule has 1 aromatic carbocycles. The van der Waals surface area contributed by atoms with Crippen LogP contribution in [0.15, 0.2) is 36.5 Å². The van der Waals surface area contributed by atoms with Gasteiger partial charge in [-0.2, -0.15) is 13.2 Å². The lowest BCUT2D eigenvalue weighted by molar-refractivity contribution is -0.137. The molecule has 144 valence electrons. The van der Waals surface area contributed by atoms with Crippen molar-refractivity contribution in [3.63, 3.8) is 0 Å². The van der Waals surface area contributed by atoms with Gasteiger partial charge < -0.3 is 10.6 Å². The SMILES string of the molecule is O=C(Nc1ccc(C(F)(F)F)cc1)c1ccnc(NC2CCCCCC2)n1. The number of amides is 1. The lowest BCUT2D eigenvalue weighted by Gasteiger charge is -2.16. The van der Waals surface area contributed by atoms with Crippen LogP contribution >= 0.6 is 0 Å². The molecule has 1 aliphatic rings. The van der Waals surface area contributed by atoms with Gasteiger partial charge >= 0.3 is 6.18 Å². The summed E-state index contributed by atoms with van der Waals surface area (Å²) in [4.78, 5) is 20.7. The van der Waals surface area contributed by atoms with Crippen molar-refractivity contribution in [2.24, 2.45) is 0 Å². The first-order valence-electron chi connectivity index (χ1n) is 9.00. The summed E-state index contributed by atoms with van der Waals surface area (Å²) in [5.41, 5.74) is -0.344. The Morgan fingerprint density at radius 2 is 1.67 bits per heavy atom. The predicted molar refractivity (Wildman–Crippen MR) is 96.5 cm³/mol. The van der Waals surface area contributed by atoms with E-state index in [0.717, 1.165) is 37.8 Å². The van der Waals surface area contributed by atoms with Gasteiger partial charge in [0.2, 0.25) is 5.95 Å². The smallest absolute Gasteiger partial charge is 0.351 e. The summed E-state index contributed by atoms with van der Waals surface area (Å²) >= 11 is 0. The Balaban J connectivity index is 1.64. The third-order valence-corrected chi connectivity index (χ3v) is 4.55. The molecule has 0 spiro atoms. The molecule has 0 bridgehead atoms. The van der Waals surface area contributed by atoms with Crippen molar-refractivity contribution >= 4 is 17.5 Å². The van der Waals surface area contributed by atoms with Crippen LogP contribution in [0.4, 0.5) is 24.8 Å². The summed E-state index contributed by atoms with van der Waals surface area (Å²) in [5, 5.41) is 5.83. The number of halogens is 3. The Morgan fingerprint density at radius 3 is 2.30 bits per heavy atom. The zero-order valence-corrected chi connectivity index (χ0v) is 14.7. The number of anilines is 2. The van der Waals surface area contributed by atoms with E-state index in [0.29, 0.717) is 12.0 Å². The van der Waals surface area contributed by atoms with E-state index in [4.69, 9.17) is 0 Å². The van der Waals surface area contributed by atoms with E-state index in [1.807, 2.05) is 0 Å². The molecule has 1 amide bonds. The van der Waals surface area contributed by atoms with Crippen LogP contribution in [0.3, 0.4) is 0 Å². The molecule has 3 rings (SSSR count). The molecule has 5 nitrogen and oxygen atoms in total. The van der Waals surface area contributed by atoms with Crippen molar-refractivity contribution in [2.45, 2.75) is 50.7 Å². The van der Waals surface area contributed by atoms with Gasteiger partial charge in [0.1, 0.15) is 5.69 Å². The minimum Gasteiger partial charge on any atom is -0.351 e. The lowest BCUT2D eigenvalue weighted by Crippen LogP contribution is -2.21. The number of nitrogens with one attached hydrogen (secondary N) is 2. The van der Waals surface area contributed by atoms with Crippen LogP contribution < -0.4 is 10.6 Å². The molecule has 1 saturated carbocycles. The Morgan fingerprint density at radius 1 is 1.00 bits per heavy atom. The Kier molecular flexibility index (Phi) is 5.93. The Hall–Kier alpha value is -2.64. The van der Waals surface area contributed by atoms with Crippen LogP contribution in [-0.2, 0) is 6.18 Å². The summed E-state index contributed by atoms with van der Waals surface area (Å²) in [6, 6.07) is 6.04. The van der Waals surface area contributed by atoms with Gasteiger partial charge in [0.05, 0.1) is 5.56 Å². The fourth-order valence-electron chi connectivity index (χ4n) is 3.10. The van der Waals surface area contributed by atoms with E-state index in [1.54, 1.807) is 0 Å². The number of alkyl halides is 3. The molecule has 0 aliphatic heterocycles. The van der Waals surface area contributed by atoms with Gasteiger partial charge in [-0.1, -0.05) is 25.7 Å². The monoisotopic (exact) mass is 378 g/mol. The molecular weight excluding hydrogens is 357 g/mol. The number of rotatable bonds is 4. The third-order valence-electron chi connectivity index (χ3n) is 4.55. The van der Waals surface area contributed by atoms with Crippen molar-refractivity contribution in [3.05, 3.63) is 47.8 Å². The number of aromatic nitrogens is 2. The standard InChI is InChI=1S/C19H21F3N4O/c20-19(21,22)13-7-9-15(10-8-13)24-17(27)16-11-12-23-18(26-16)25-14-5-3-1-2-4-6-14/h7-12,14H,1-6H2,(H,24,27)(H,23,25,26). The van der Waals surface area contributed by atoms with E-state index in [2.05, 4.69) is 20.6 Å². The molecule has 2 aromatic rings. The highest BCUT2D eigenvalue weighted by Crippen LogP contribution is 2.29. The van der Waals surface area contributed by atoms with Gasteiger partial charge in [-0.15, -0.1) is 0 Å². The first-order chi connectivity index (χ1) is 12.9. The van der Waals surface area contributed by atoms with Crippen LogP contribution in [-0.4, -0.2) is 21.9 Å². The Labute approximate surface area is 155 Å². The fraction of sp³-hybridized carbons (Fsp3) is 0.421. The second-order valence-corrected chi connectivity index (χ2v) is 6.63. The molecule has 1 heterocycles. The van der Waals surface area contributed by atoms with Crippen molar-refractivity contribution in [3.8, 4) is 0 Å². The molecule has 2 N–H and O–H groups in total. The van der Waals surface area contributed by atoms with E-state index in [9.17, 15) is 18.0 Å². The topological polar surface area (TPSA) is 66.9 Å². The Bertz CT molecular complexity index is 769. The molecule has 1 fully saturated rings. The molecule has 0 unspecified atom stereocenters. The molecule has 0 atom stereocenters. The van der Waals surface area contributed by atoms with Gasteiger partial charge in [0, 0.05) is 17.9 Å². The van der Waals surface area contributed by atoms with Gasteiger partial charge in [-0.25, -0.2) is 9.97 Å². The van der Waals surface area contributed by atoms with Crippen molar-refractivity contribution in [1.29, 1.82) is 0 Å². The molecule has 0 saturated heterocycles. The highest BCUT2D eigenvalue weighted by atomic mass is 19.4. The molecular formula is C19H21F3N4O. The zero-order valence-electron chi connectivity index (χ0n) is 14.7. The van der Waals surface area contributed by atoms with Crippen LogP contribution in [0.5, 0.6) is 0 Å². The first-order valence-corrected chi connectivity index (χ1v) is 9.00. The van der Waals surface area contributed by atoms with Crippen LogP contribution in [0.1, 0.15) is 54.6 Å². The number of carbonyl (C=O) groups is 1. The third kappa shape index (κ3) is 5.42. The molecule has 27 heavy (non-hydrogen) atoms. The second kappa shape index (κ2) is 8.37. The average Bonchev–Trinajstić information content (AvgIpc) is 2.90. The maximum Gasteiger partial charge on any atom is 0.416 e. The number of carbonyl (C=O) groups excluding carboxylic acids is 1. The fourth-order valence-corrected chi connectivity index (χ4v) is 3.10. The number of benzene rings is 1. The quantitative estimate of drug-likeness (QED) is 0.744. The maximum atomic E-state index is 12.6. The van der Waals surface area contributed by atoms with Crippen molar-refractivity contribution < 1.29 is 18.0 Å². The predicted octanol–water partition coefficient (Wildman–Crippen LogP) is 4.88. The minimum absolute atomic E-state index is 0.154. The van der Waals surface area contributed by atoms with E-state index >= 15 is 0 Å². The normalized spacial score (nSPS) is 15.8. The van der Waals surface area contributed by atoms with Crippen LogP contribution in [0.2, 0.25) is 0 Å². The largest absolute Gasteiger partial charge is 0.416 e. The van der Waals surface area contributed by atoms with E-state index in [1.165, 1.54) is 37.2 Å². The maximum absolute atomic E-state index is 12.6. The van der Waals surface area contributed by atoms with Gasteiger partial charge in [-0.3, -0.25) is 4.79 Å². The summed E-state index contributed by atoms with van der Waals surface area (Å²) in [5.74, 6) is -0.108. The lowest BCUT2D eigenvalue weighted by atomic mass is 10.1. The summed E-state index contributed by atoms with van der Waals surface area (Å²) in [6.45, 7) is 0. The number of hydrogen-bond donors (Lipinski definition) is 2. The summed E-state index contributed by atoms with van der Waals surface area (Å²) < 4.78 is 37.8. The first kappa shape index (κ1) is 19.1. The van der Waals surface area contributed by atoms with Crippen LogP contribution in [0, 0.1) is 0 Å². The van der Waals surface area contributed by atoms with Gasteiger partial charge in [-0.05, 0) is 43.2 Å².